The maximum Gasteiger partial charge on any atom is 0.306 e. The number of nitrogens with one attached hydrogen (secondary N) is 1. The number of rotatable bonds is 6. The molecular weight excluding hydrogens is 230 g/mol. The Labute approximate surface area is 109 Å². The number of hydrogen-bond donors (Lipinski definition) is 1. The van der Waals surface area contributed by atoms with E-state index in [9.17, 15) is 4.79 Å². The van der Waals surface area contributed by atoms with Crippen LogP contribution < -0.4 is 5.32 Å². The second-order valence-corrected chi connectivity index (χ2v) is 4.72. The number of hydrogen-bond acceptors (Lipinski definition) is 5. The third kappa shape index (κ3) is 5.03. The fourth-order valence-corrected chi connectivity index (χ4v) is 2.57. The van der Waals surface area contributed by atoms with Crippen LogP contribution in [0, 0.1) is 17.2 Å². The van der Waals surface area contributed by atoms with Gasteiger partial charge in [0.25, 0.3) is 0 Å². The van der Waals surface area contributed by atoms with E-state index in [-0.39, 0.29) is 11.9 Å². The summed E-state index contributed by atoms with van der Waals surface area (Å²) in [5.74, 6) is 0.159. The van der Waals surface area contributed by atoms with Crippen LogP contribution in [-0.4, -0.2) is 49.7 Å². The minimum atomic E-state index is -0.128. The van der Waals surface area contributed by atoms with Crippen LogP contribution in [0.25, 0.3) is 0 Å². The third-order valence-electron chi connectivity index (χ3n) is 3.16. The normalized spacial score (nSPS) is 24.5. The molecule has 1 aliphatic rings. The number of esters is 1. The lowest BCUT2D eigenvalue weighted by Gasteiger charge is -2.36. The van der Waals surface area contributed by atoms with E-state index < -0.39 is 0 Å². The summed E-state index contributed by atoms with van der Waals surface area (Å²) in [4.78, 5) is 13.6. The molecule has 1 aliphatic heterocycles. The summed E-state index contributed by atoms with van der Waals surface area (Å²) >= 11 is 0. The first-order valence-corrected chi connectivity index (χ1v) is 6.67. The summed E-state index contributed by atoms with van der Waals surface area (Å²) in [7, 11) is 0. The molecule has 0 saturated carbocycles. The van der Waals surface area contributed by atoms with Crippen molar-refractivity contribution in [2.24, 2.45) is 5.92 Å². The van der Waals surface area contributed by atoms with Crippen LogP contribution in [0.5, 0.6) is 0 Å². The van der Waals surface area contributed by atoms with Crippen molar-refractivity contribution in [2.45, 2.75) is 32.7 Å². The summed E-state index contributed by atoms with van der Waals surface area (Å²) in [5.41, 5.74) is 0. The topological polar surface area (TPSA) is 65.4 Å². The Morgan fingerprint density at radius 1 is 1.50 bits per heavy atom. The molecule has 1 saturated heterocycles. The second-order valence-electron chi connectivity index (χ2n) is 4.72. The van der Waals surface area contributed by atoms with Gasteiger partial charge in [-0.2, -0.15) is 5.26 Å². The van der Waals surface area contributed by atoms with E-state index in [2.05, 4.69) is 23.2 Å². The Morgan fingerprint density at radius 3 is 2.89 bits per heavy atom. The van der Waals surface area contributed by atoms with Gasteiger partial charge in [0.2, 0.25) is 0 Å². The predicted octanol–water partition coefficient (Wildman–Crippen LogP) is 0.763. The monoisotopic (exact) mass is 253 g/mol. The lowest BCUT2D eigenvalue weighted by Crippen LogP contribution is -2.49. The molecule has 1 fully saturated rings. The summed E-state index contributed by atoms with van der Waals surface area (Å²) in [5, 5.41) is 12.2. The van der Waals surface area contributed by atoms with Crippen LogP contribution in [0.15, 0.2) is 0 Å². The molecule has 0 bridgehead atoms. The van der Waals surface area contributed by atoms with E-state index >= 15 is 0 Å². The maximum atomic E-state index is 11.5. The first-order chi connectivity index (χ1) is 8.69. The first-order valence-electron chi connectivity index (χ1n) is 6.67. The highest BCUT2D eigenvalue weighted by atomic mass is 16.5. The van der Waals surface area contributed by atoms with Crippen LogP contribution in [0.1, 0.15) is 26.7 Å². The fourth-order valence-electron chi connectivity index (χ4n) is 2.57. The lowest BCUT2D eigenvalue weighted by atomic mass is 9.91. The Balaban J connectivity index is 2.50. The minimum Gasteiger partial charge on any atom is -0.466 e. The van der Waals surface area contributed by atoms with E-state index in [0.717, 1.165) is 26.1 Å². The number of ether oxygens (including phenoxy) is 1. The summed E-state index contributed by atoms with van der Waals surface area (Å²) in [6, 6.07) is 2.55. The summed E-state index contributed by atoms with van der Waals surface area (Å²) in [6.45, 7) is 7.38. The predicted molar refractivity (Wildman–Crippen MR) is 68.9 cm³/mol. The zero-order valence-electron chi connectivity index (χ0n) is 11.3. The van der Waals surface area contributed by atoms with E-state index in [1.165, 1.54) is 0 Å². The number of nitriles is 1. The van der Waals surface area contributed by atoms with Crippen molar-refractivity contribution in [3.05, 3.63) is 0 Å². The molecule has 0 aromatic heterocycles. The zero-order valence-corrected chi connectivity index (χ0v) is 11.3. The summed E-state index contributed by atoms with van der Waals surface area (Å²) in [6.07, 6.45) is 1.44. The van der Waals surface area contributed by atoms with Crippen molar-refractivity contribution in [3.8, 4) is 6.07 Å². The molecule has 0 amide bonds. The minimum absolute atomic E-state index is 0.128. The van der Waals surface area contributed by atoms with Gasteiger partial charge in [-0.05, 0) is 25.8 Å². The Hall–Kier alpha value is -1.12. The van der Waals surface area contributed by atoms with E-state index in [0.29, 0.717) is 25.6 Å². The van der Waals surface area contributed by atoms with Crippen molar-refractivity contribution < 1.29 is 9.53 Å². The molecule has 1 heterocycles. The van der Waals surface area contributed by atoms with Crippen molar-refractivity contribution in [3.63, 3.8) is 0 Å². The zero-order chi connectivity index (χ0) is 13.4. The van der Waals surface area contributed by atoms with Gasteiger partial charge < -0.3 is 10.1 Å². The van der Waals surface area contributed by atoms with Crippen LogP contribution >= 0.6 is 0 Å². The smallest absolute Gasteiger partial charge is 0.306 e. The van der Waals surface area contributed by atoms with Gasteiger partial charge in [-0.1, -0.05) is 6.92 Å². The molecule has 5 nitrogen and oxygen atoms in total. The van der Waals surface area contributed by atoms with Gasteiger partial charge >= 0.3 is 5.97 Å². The van der Waals surface area contributed by atoms with Crippen LogP contribution in [0.3, 0.4) is 0 Å². The maximum absolute atomic E-state index is 11.5. The molecule has 1 N–H and O–H groups in total. The standard InChI is InChI=1S/C13H23N3O2/c1-3-15-12-7-11(8-13(17)18-4-2)9-16(10-12)6-5-14/h11-12,15H,3-4,6-10H2,1-2H3. The van der Waals surface area contributed by atoms with E-state index in [1.807, 2.05) is 6.92 Å². The molecule has 2 unspecified atom stereocenters. The van der Waals surface area contributed by atoms with Gasteiger partial charge in [0, 0.05) is 25.6 Å². The molecule has 0 radical (unpaired) electrons. The molecule has 0 aromatic rings. The Kier molecular flexibility index (Phi) is 6.69. The molecule has 0 spiro atoms. The molecule has 18 heavy (non-hydrogen) atoms. The van der Waals surface area contributed by atoms with E-state index in [1.54, 1.807) is 0 Å². The number of carbonyl (C=O) groups excluding carboxylic acids is 1. The highest BCUT2D eigenvalue weighted by molar-refractivity contribution is 5.69. The number of nitrogens with zero attached hydrogens (tertiary/aromatic N) is 2. The van der Waals surface area contributed by atoms with Gasteiger partial charge in [0.05, 0.1) is 19.2 Å². The van der Waals surface area contributed by atoms with Gasteiger partial charge in [-0.3, -0.25) is 9.69 Å². The van der Waals surface area contributed by atoms with Gasteiger partial charge in [-0.15, -0.1) is 0 Å². The van der Waals surface area contributed by atoms with Crippen LogP contribution in [-0.2, 0) is 9.53 Å². The molecular formula is C13H23N3O2. The van der Waals surface area contributed by atoms with Crippen LogP contribution in [0.4, 0.5) is 0 Å². The van der Waals surface area contributed by atoms with Crippen LogP contribution in [0.2, 0.25) is 0 Å². The van der Waals surface area contributed by atoms with Crippen molar-refractivity contribution in [1.29, 1.82) is 5.26 Å². The molecule has 5 heteroatoms. The quantitative estimate of drug-likeness (QED) is 0.559. The first kappa shape index (κ1) is 14.9. The molecule has 1 rings (SSSR count). The van der Waals surface area contributed by atoms with Crippen molar-refractivity contribution in [2.75, 3.05) is 32.8 Å². The lowest BCUT2D eigenvalue weighted by molar-refractivity contribution is -0.144. The fraction of sp³-hybridized carbons (Fsp3) is 0.846. The highest BCUT2D eigenvalue weighted by Gasteiger charge is 2.28. The number of likely N-dealkylation sites (tertiary alicyclic amines) is 1. The molecule has 2 atom stereocenters. The van der Waals surface area contributed by atoms with Crippen molar-refractivity contribution in [1.82, 2.24) is 10.2 Å². The highest BCUT2D eigenvalue weighted by Crippen LogP contribution is 2.20. The van der Waals surface area contributed by atoms with Gasteiger partial charge in [0.15, 0.2) is 0 Å². The Morgan fingerprint density at radius 2 is 2.28 bits per heavy atom. The number of likely N-dealkylation sites (N-methyl/N-ethyl adjacent to an activating group) is 1. The number of piperidine rings is 1. The molecule has 102 valence electrons. The second kappa shape index (κ2) is 8.06. The largest absolute Gasteiger partial charge is 0.466 e. The Bertz CT molecular complexity index is 301. The summed E-state index contributed by atoms with van der Waals surface area (Å²) < 4.78 is 4.99. The van der Waals surface area contributed by atoms with Gasteiger partial charge in [0.1, 0.15) is 0 Å². The average molecular weight is 253 g/mol. The SMILES string of the molecule is CCNC1CC(CC(=O)OCC)CN(CC#N)C1. The molecule has 0 aliphatic carbocycles. The molecule has 0 aromatic carbocycles. The average Bonchev–Trinajstić information content (AvgIpc) is 2.29. The van der Waals surface area contributed by atoms with Gasteiger partial charge in [-0.25, -0.2) is 0 Å². The van der Waals surface area contributed by atoms with Crippen molar-refractivity contribution >= 4 is 5.97 Å². The third-order valence-corrected chi connectivity index (χ3v) is 3.16. The number of carbonyl (C=O) groups is 1. The van der Waals surface area contributed by atoms with E-state index in [4.69, 9.17) is 10.00 Å².